The van der Waals surface area contributed by atoms with Crippen LogP contribution in [0.15, 0.2) is 48.5 Å². The summed E-state index contributed by atoms with van der Waals surface area (Å²) in [6.07, 6.45) is 0.722. The van der Waals surface area contributed by atoms with Gasteiger partial charge in [0, 0.05) is 6.42 Å². The van der Waals surface area contributed by atoms with Gasteiger partial charge in [-0.1, -0.05) is 30.3 Å². The van der Waals surface area contributed by atoms with Crippen LogP contribution in [0.1, 0.15) is 15.9 Å². The number of hydrogen-bond acceptors (Lipinski definition) is 3. The van der Waals surface area contributed by atoms with Gasteiger partial charge in [0.2, 0.25) is 0 Å². The van der Waals surface area contributed by atoms with Crippen molar-refractivity contribution in [3.63, 3.8) is 0 Å². The summed E-state index contributed by atoms with van der Waals surface area (Å²) in [6, 6.07) is 15.2. The molecule has 0 N–H and O–H groups in total. The molecular formula is C16H15IO3. The summed E-state index contributed by atoms with van der Waals surface area (Å²) in [7, 11) is 1.61. The Bertz CT molecular complexity index is 582. The Morgan fingerprint density at radius 1 is 1.15 bits per heavy atom. The summed E-state index contributed by atoms with van der Waals surface area (Å²) in [4.78, 5) is 11.9. The van der Waals surface area contributed by atoms with Crippen LogP contribution in [-0.2, 0) is 11.2 Å². The lowest BCUT2D eigenvalue weighted by Gasteiger charge is -2.07. The molecule has 0 spiro atoms. The van der Waals surface area contributed by atoms with Gasteiger partial charge < -0.3 is 9.47 Å². The molecule has 0 radical (unpaired) electrons. The normalized spacial score (nSPS) is 10.1. The number of rotatable bonds is 5. The lowest BCUT2D eigenvalue weighted by atomic mass is 10.2. The molecule has 0 saturated heterocycles. The van der Waals surface area contributed by atoms with Crippen molar-refractivity contribution in [3.05, 3.63) is 63.2 Å². The fourth-order valence-corrected chi connectivity index (χ4v) is 2.52. The van der Waals surface area contributed by atoms with Crippen molar-refractivity contribution >= 4 is 28.6 Å². The minimum absolute atomic E-state index is 0.304. The second kappa shape index (κ2) is 7.28. The maximum atomic E-state index is 11.9. The van der Waals surface area contributed by atoms with Crippen LogP contribution in [0.4, 0.5) is 0 Å². The van der Waals surface area contributed by atoms with E-state index in [4.69, 9.17) is 9.47 Å². The van der Waals surface area contributed by atoms with E-state index in [1.54, 1.807) is 25.3 Å². The molecule has 2 rings (SSSR count). The van der Waals surface area contributed by atoms with E-state index in [0.29, 0.717) is 12.2 Å². The maximum absolute atomic E-state index is 11.9. The predicted molar refractivity (Wildman–Crippen MR) is 86.1 cm³/mol. The number of halogens is 1. The fourth-order valence-electron chi connectivity index (χ4n) is 1.78. The van der Waals surface area contributed by atoms with Crippen molar-refractivity contribution in [2.45, 2.75) is 6.42 Å². The van der Waals surface area contributed by atoms with Crippen molar-refractivity contribution < 1.29 is 14.3 Å². The molecule has 2 aromatic carbocycles. The molecule has 0 heterocycles. The van der Waals surface area contributed by atoms with Gasteiger partial charge >= 0.3 is 5.97 Å². The lowest BCUT2D eigenvalue weighted by Crippen LogP contribution is -2.08. The summed E-state index contributed by atoms with van der Waals surface area (Å²) in [5.41, 5.74) is 1.70. The third kappa shape index (κ3) is 3.96. The Labute approximate surface area is 132 Å². The number of carbonyl (C=O) groups excluding carboxylic acids is 1. The fraction of sp³-hybridized carbons (Fsp3) is 0.188. The number of carbonyl (C=O) groups is 1. The van der Waals surface area contributed by atoms with Gasteiger partial charge in [0.1, 0.15) is 5.75 Å². The summed E-state index contributed by atoms with van der Waals surface area (Å²) < 4.78 is 11.3. The average molecular weight is 382 g/mol. The van der Waals surface area contributed by atoms with Crippen LogP contribution in [0.5, 0.6) is 5.75 Å². The van der Waals surface area contributed by atoms with Crippen LogP contribution >= 0.6 is 22.6 Å². The SMILES string of the molecule is COc1ccc(C(=O)OCCc2ccccc2)cc1I. The quantitative estimate of drug-likeness (QED) is 0.585. The van der Waals surface area contributed by atoms with Gasteiger partial charge in [-0.05, 0) is 46.4 Å². The summed E-state index contributed by atoms with van der Waals surface area (Å²) in [5, 5.41) is 0. The number of ether oxygens (including phenoxy) is 2. The molecule has 0 atom stereocenters. The van der Waals surface area contributed by atoms with Gasteiger partial charge in [-0.25, -0.2) is 4.79 Å². The number of esters is 1. The van der Waals surface area contributed by atoms with Crippen molar-refractivity contribution in [1.82, 2.24) is 0 Å². The molecule has 0 aliphatic rings. The van der Waals surface area contributed by atoms with Gasteiger partial charge in [0.05, 0.1) is 22.9 Å². The zero-order valence-corrected chi connectivity index (χ0v) is 13.3. The molecule has 0 fully saturated rings. The first-order valence-corrected chi connectivity index (χ1v) is 7.33. The molecule has 0 aliphatic heterocycles. The zero-order chi connectivity index (χ0) is 14.4. The second-order valence-electron chi connectivity index (χ2n) is 4.22. The number of benzene rings is 2. The Morgan fingerprint density at radius 2 is 1.90 bits per heavy atom. The Kier molecular flexibility index (Phi) is 5.40. The topological polar surface area (TPSA) is 35.5 Å². The van der Waals surface area contributed by atoms with E-state index < -0.39 is 0 Å². The minimum Gasteiger partial charge on any atom is -0.496 e. The Hall–Kier alpha value is -1.56. The van der Waals surface area contributed by atoms with Crippen LogP contribution in [0.25, 0.3) is 0 Å². The van der Waals surface area contributed by atoms with Crippen LogP contribution in [0.2, 0.25) is 0 Å². The van der Waals surface area contributed by atoms with Gasteiger partial charge in [0.25, 0.3) is 0 Å². The molecule has 0 saturated carbocycles. The number of methoxy groups -OCH3 is 1. The molecule has 104 valence electrons. The highest BCUT2D eigenvalue weighted by atomic mass is 127. The van der Waals surface area contributed by atoms with E-state index in [1.807, 2.05) is 30.3 Å². The van der Waals surface area contributed by atoms with Crippen molar-refractivity contribution in [2.75, 3.05) is 13.7 Å². The van der Waals surface area contributed by atoms with E-state index in [9.17, 15) is 4.79 Å². The highest BCUT2D eigenvalue weighted by Crippen LogP contribution is 2.21. The largest absolute Gasteiger partial charge is 0.496 e. The summed E-state index contributed by atoms with van der Waals surface area (Å²) in [5.74, 6) is 0.452. The molecule has 3 nitrogen and oxygen atoms in total. The molecule has 4 heteroatoms. The zero-order valence-electron chi connectivity index (χ0n) is 11.1. The molecule has 2 aromatic rings. The standard InChI is InChI=1S/C16H15IO3/c1-19-15-8-7-13(11-14(15)17)16(18)20-10-9-12-5-3-2-4-6-12/h2-8,11H,9-10H2,1H3. The van der Waals surface area contributed by atoms with E-state index >= 15 is 0 Å². The van der Waals surface area contributed by atoms with Crippen LogP contribution in [-0.4, -0.2) is 19.7 Å². The van der Waals surface area contributed by atoms with Gasteiger partial charge in [-0.15, -0.1) is 0 Å². The average Bonchev–Trinajstić information content (AvgIpc) is 2.48. The van der Waals surface area contributed by atoms with Crippen molar-refractivity contribution in [1.29, 1.82) is 0 Å². The third-order valence-corrected chi connectivity index (χ3v) is 3.70. The first-order chi connectivity index (χ1) is 9.70. The first-order valence-electron chi connectivity index (χ1n) is 6.25. The van der Waals surface area contributed by atoms with Gasteiger partial charge in [-0.2, -0.15) is 0 Å². The summed E-state index contributed by atoms with van der Waals surface area (Å²) >= 11 is 2.13. The van der Waals surface area contributed by atoms with E-state index in [2.05, 4.69) is 22.6 Å². The predicted octanol–water partition coefficient (Wildman–Crippen LogP) is 3.70. The Balaban J connectivity index is 1.90. The second-order valence-corrected chi connectivity index (χ2v) is 5.38. The van der Waals surface area contributed by atoms with E-state index in [0.717, 1.165) is 21.3 Å². The molecular weight excluding hydrogens is 367 g/mol. The van der Waals surface area contributed by atoms with Crippen LogP contribution < -0.4 is 4.74 Å². The highest BCUT2D eigenvalue weighted by molar-refractivity contribution is 14.1. The smallest absolute Gasteiger partial charge is 0.338 e. The monoisotopic (exact) mass is 382 g/mol. The molecule has 0 aliphatic carbocycles. The number of hydrogen-bond donors (Lipinski definition) is 0. The minimum atomic E-state index is -0.304. The van der Waals surface area contributed by atoms with Gasteiger partial charge in [-0.3, -0.25) is 0 Å². The first kappa shape index (κ1) is 14.8. The van der Waals surface area contributed by atoms with Crippen LogP contribution in [0.3, 0.4) is 0 Å². The Morgan fingerprint density at radius 3 is 2.55 bits per heavy atom. The van der Waals surface area contributed by atoms with E-state index in [1.165, 1.54) is 0 Å². The third-order valence-electron chi connectivity index (χ3n) is 2.85. The molecule has 0 aromatic heterocycles. The highest BCUT2D eigenvalue weighted by Gasteiger charge is 2.10. The molecule has 0 amide bonds. The van der Waals surface area contributed by atoms with Crippen molar-refractivity contribution in [3.8, 4) is 5.75 Å². The van der Waals surface area contributed by atoms with E-state index in [-0.39, 0.29) is 5.97 Å². The van der Waals surface area contributed by atoms with Crippen molar-refractivity contribution in [2.24, 2.45) is 0 Å². The van der Waals surface area contributed by atoms with Crippen LogP contribution in [0, 0.1) is 3.57 Å². The van der Waals surface area contributed by atoms with Gasteiger partial charge in [0.15, 0.2) is 0 Å². The summed E-state index contributed by atoms with van der Waals surface area (Å²) in [6.45, 7) is 0.380. The molecule has 20 heavy (non-hydrogen) atoms. The lowest BCUT2D eigenvalue weighted by molar-refractivity contribution is 0.0509. The maximum Gasteiger partial charge on any atom is 0.338 e. The molecule has 0 bridgehead atoms. The molecule has 0 unspecified atom stereocenters.